The molecule has 0 unspecified atom stereocenters. The molecule has 0 radical (unpaired) electrons. The fourth-order valence-electron chi connectivity index (χ4n) is 0.689. The molecule has 0 aromatic heterocycles. The molecule has 0 bridgehead atoms. The van der Waals surface area contributed by atoms with Crippen LogP contribution in [0.2, 0.25) is 0 Å². The van der Waals surface area contributed by atoms with Gasteiger partial charge in [-0.1, -0.05) is 0 Å². The van der Waals surface area contributed by atoms with E-state index in [1.54, 1.807) is 0 Å². The number of amides is 2. The summed E-state index contributed by atoms with van der Waals surface area (Å²) in [7, 11) is 0. The first-order valence-corrected chi connectivity index (χ1v) is 2.64. The van der Waals surface area contributed by atoms with Gasteiger partial charge >= 0.3 is 6.03 Å². The Balaban J connectivity index is 2.51. The van der Waals surface area contributed by atoms with Crippen LogP contribution in [0.15, 0.2) is 20.2 Å². The van der Waals surface area contributed by atoms with Crippen LogP contribution in [0, 0.1) is 0 Å². The van der Waals surface area contributed by atoms with Crippen LogP contribution in [-0.2, 0) is 0 Å². The number of urea groups is 1. The van der Waals surface area contributed by atoms with E-state index in [1.165, 1.54) is 12.4 Å². The van der Waals surface area contributed by atoms with Gasteiger partial charge in [-0.25, -0.2) is 4.79 Å². The number of fused-ring (bicyclic) bond motifs is 1. The van der Waals surface area contributed by atoms with E-state index in [0.29, 0.717) is 11.4 Å². The molecule has 2 aliphatic heterocycles. The zero-order chi connectivity index (χ0) is 6.97. The number of aliphatic imine (C=N–C) groups is 2. The van der Waals surface area contributed by atoms with Crippen LogP contribution < -0.4 is 0 Å². The Labute approximate surface area is 55.9 Å². The summed E-state index contributed by atoms with van der Waals surface area (Å²) in [5, 5.41) is 7.20. The zero-order valence-corrected chi connectivity index (χ0v) is 4.85. The van der Waals surface area contributed by atoms with Crippen LogP contribution >= 0.6 is 0 Å². The lowest BCUT2D eigenvalue weighted by Crippen LogP contribution is -2.18. The Bertz CT molecular complexity index is 310. The molecule has 0 aromatic carbocycles. The molecule has 0 fully saturated rings. The summed E-state index contributed by atoms with van der Waals surface area (Å²) in [6, 6.07) is -0.498. The van der Waals surface area contributed by atoms with E-state index in [4.69, 9.17) is 0 Å². The summed E-state index contributed by atoms with van der Waals surface area (Å²) < 4.78 is 0. The van der Waals surface area contributed by atoms with E-state index in [-0.39, 0.29) is 0 Å². The third kappa shape index (κ3) is 0.604. The lowest BCUT2D eigenvalue weighted by Gasteiger charge is -1.95. The first kappa shape index (κ1) is 5.16. The first-order chi connectivity index (χ1) is 4.86. The van der Waals surface area contributed by atoms with E-state index in [2.05, 4.69) is 20.2 Å². The van der Waals surface area contributed by atoms with Gasteiger partial charge in [0.15, 0.2) is 0 Å². The standard InChI is InChI=1S/C5H2N4O/c10-5-6-1-4-3(8-5)2-7-9-4/h1-2H. The van der Waals surface area contributed by atoms with Crippen molar-refractivity contribution in [1.29, 1.82) is 0 Å². The van der Waals surface area contributed by atoms with E-state index < -0.39 is 6.03 Å². The maximum atomic E-state index is 10.5. The second-order valence-electron chi connectivity index (χ2n) is 1.77. The van der Waals surface area contributed by atoms with Crippen molar-refractivity contribution in [3.63, 3.8) is 0 Å². The second kappa shape index (κ2) is 1.66. The molecule has 0 atom stereocenters. The normalized spacial score (nSPS) is 20.6. The average molecular weight is 134 g/mol. The maximum absolute atomic E-state index is 10.5. The number of hydrogen-bond donors (Lipinski definition) is 0. The Morgan fingerprint density at radius 3 is 3.00 bits per heavy atom. The van der Waals surface area contributed by atoms with Crippen LogP contribution in [0.25, 0.3) is 0 Å². The van der Waals surface area contributed by atoms with Crippen LogP contribution in [0.3, 0.4) is 0 Å². The van der Waals surface area contributed by atoms with Crippen molar-refractivity contribution in [2.75, 3.05) is 0 Å². The highest BCUT2D eigenvalue weighted by Gasteiger charge is 2.15. The van der Waals surface area contributed by atoms with Crippen LogP contribution in [0.5, 0.6) is 0 Å². The number of nitrogens with zero attached hydrogens (tertiary/aromatic N) is 4. The largest absolute Gasteiger partial charge is 0.367 e. The monoisotopic (exact) mass is 134 g/mol. The molecule has 2 aliphatic rings. The highest BCUT2D eigenvalue weighted by molar-refractivity contribution is 6.78. The molecular formula is C5H2N4O. The Hall–Kier alpha value is -1.65. The minimum absolute atomic E-state index is 0.498. The molecule has 2 rings (SSSR count). The van der Waals surface area contributed by atoms with Crippen molar-refractivity contribution in [1.82, 2.24) is 0 Å². The lowest BCUT2D eigenvalue weighted by molar-refractivity contribution is 0.257. The van der Waals surface area contributed by atoms with Gasteiger partial charge < -0.3 is 0 Å². The average Bonchev–Trinajstić information content (AvgIpc) is 2.33. The summed E-state index contributed by atoms with van der Waals surface area (Å²) in [5.41, 5.74) is 1.06. The molecule has 48 valence electrons. The molecule has 0 aromatic rings. The minimum Gasteiger partial charge on any atom is -0.244 e. The van der Waals surface area contributed by atoms with Crippen LogP contribution in [0.4, 0.5) is 4.79 Å². The fourth-order valence-corrected chi connectivity index (χ4v) is 0.689. The summed E-state index contributed by atoms with van der Waals surface area (Å²) in [5.74, 6) is 0. The Kier molecular flexibility index (Phi) is 0.858. The summed E-state index contributed by atoms with van der Waals surface area (Å²) in [4.78, 5) is 17.5. The second-order valence-corrected chi connectivity index (χ2v) is 1.77. The fraction of sp³-hybridized carbons (Fsp3) is 0. The SMILES string of the molecule is O=C1N=CC2=NN=CC2=N1. The summed E-state index contributed by atoms with van der Waals surface area (Å²) in [6.07, 6.45) is 2.79. The van der Waals surface area contributed by atoms with Gasteiger partial charge in [0.1, 0.15) is 11.4 Å². The van der Waals surface area contributed by atoms with Crippen molar-refractivity contribution in [3.8, 4) is 0 Å². The van der Waals surface area contributed by atoms with Gasteiger partial charge in [0.25, 0.3) is 0 Å². The van der Waals surface area contributed by atoms with Gasteiger partial charge in [-0.05, 0) is 0 Å². The van der Waals surface area contributed by atoms with E-state index in [1.807, 2.05) is 0 Å². The predicted molar refractivity (Wildman–Crippen MR) is 37.2 cm³/mol. The molecule has 0 N–H and O–H groups in total. The first-order valence-electron chi connectivity index (χ1n) is 2.64. The van der Waals surface area contributed by atoms with Gasteiger partial charge in [0.2, 0.25) is 0 Å². The van der Waals surface area contributed by atoms with Gasteiger partial charge in [-0.15, -0.1) is 5.10 Å². The quantitative estimate of drug-likeness (QED) is 0.462. The van der Waals surface area contributed by atoms with Crippen molar-refractivity contribution in [3.05, 3.63) is 0 Å². The summed E-state index contributed by atoms with van der Waals surface area (Å²) >= 11 is 0. The molecule has 2 heterocycles. The molecule has 5 heteroatoms. The number of carbonyl (C=O) groups excluding carboxylic acids is 1. The number of hydrogen-bond acceptors (Lipinski definition) is 3. The third-order valence-electron chi connectivity index (χ3n) is 1.12. The van der Waals surface area contributed by atoms with Crippen molar-refractivity contribution >= 4 is 29.9 Å². The van der Waals surface area contributed by atoms with E-state index in [9.17, 15) is 4.79 Å². The van der Waals surface area contributed by atoms with Crippen LogP contribution in [-0.4, -0.2) is 29.9 Å². The van der Waals surface area contributed by atoms with E-state index in [0.717, 1.165) is 0 Å². The summed E-state index contributed by atoms with van der Waals surface area (Å²) in [6.45, 7) is 0. The molecule has 0 saturated heterocycles. The predicted octanol–water partition coefficient (Wildman–Crippen LogP) is 0.0722. The highest BCUT2D eigenvalue weighted by Crippen LogP contribution is 1.98. The number of carbonyl (C=O) groups is 1. The molecule has 0 saturated carbocycles. The Morgan fingerprint density at radius 1 is 1.20 bits per heavy atom. The lowest BCUT2D eigenvalue weighted by atomic mass is 10.2. The number of rotatable bonds is 0. The molecule has 0 spiro atoms. The van der Waals surface area contributed by atoms with Crippen molar-refractivity contribution in [2.45, 2.75) is 0 Å². The van der Waals surface area contributed by atoms with Gasteiger partial charge in [0, 0.05) is 0 Å². The topological polar surface area (TPSA) is 66.5 Å². The van der Waals surface area contributed by atoms with Gasteiger partial charge in [-0.2, -0.15) is 15.1 Å². The maximum Gasteiger partial charge on any atom is 0.367 e. The van der Waals surface area contributed by atoms with Crippen molar-refractivity contribution < 1.29 is 4.79 Å². The van der Waals surface area contributed by atoms with E-state index >= 15 is 0 Å². The highest BCUT2D eigenvalue weighted by atomic mass is 16.2. The van der Waals surface area contributed by atoms with Crippen LogP contribution in [0.1, 0.15) is 0 Å². The molecular weight excluding hydrogens is 132 g/mol. The Morgan fingerprint density at radius 2 is 2.10 bits per heavy atom. The van der Waals surface area contributed by atoms with Crippen molar-refractivity contribution in [2.24, 2.45) is 20.2 Å². The smallest absolute Gasteiger partial charge is 0.244 e. The zero-order valence-electron chi connectivity index (χ0n) is 4.85. The molecule has 5 nitrogen and oxygen atoms in total. The molecule has 2 amide bonds. The minimum atomic E-state index is -0.498. The van der Waals surface area contributed by atoms with Gasteiger partial charge in [-0.3, -0.25) is 0 Å². The van der Waals surface area contributed by atoms with Gasteiger partial charge in [0.05, 0.1) is 12.4 Å². The third-order valence-corrected chi connectivity index (χ3v) is 1.12. The molecule has 10 heavy (non-hydrogen) atoms. The molecule has 0 aliphatic carbocycles.